The molecule has 60 valence electrons. The summed E-state index contributed by atoms with van der Waals surface area (Å²) in [5.74, 6) is 0.417. The van der Waals surface area contributed by atoms with E-state index in [1.54, 1.807) is 24.3 Å². The van der Waals surface area contributed by atoms with Crippen LogP contribution in [-0.2, 0) is 4.81 Å². The second kappa shape index (κ2) is 6.48. The summed E-state index contributed by atoms with van der Waals surface area (Å²) in [7, 11) is -1.91. The van der Waals surface area contributed by atoms with Crippen LogP contribution in [0.3, 0.4) is 0 Å². The average Bonchev–Trinajstić information content (AvgIpc) is 2.03. The van der Waals surface area contributed by atoms with Gasteiger partial charge in [0.1, 0.15) is 0 Å². The molecule has 0 saturated heterocycles. The van der Waals surface area contributed by atoms with Gasteiger partial charge >= 0.3 is 36.9 Å². The van der Waals surface area contributed by atoms with Crippen molar-refractivity contribution in [2.24, 2.45) is 0 Å². The molecule has 0 aliphatic rings. The van der Waals surface area contributed by atoms with E-state index in [2.05, 4.69) is 9.69 Å². The van der Waals surface area contributed by atoms with Gasteiger partial charge in [0.2, 0.25) is 0 Å². The van der Waals surface area contributed by atoms with Gasteiger partial charge in [-0.05, 0) is 12.1 Å². The molecule has 0 saturated carbocycles. The van der Waals surface area contributed by atoms with Crippen molar-refractivity contribution in [3.05, 3.63) is 30.3 Å². The molecule has 0 unspecified atom stereocenters. The van der Waals surface area contributed by atoms with Gasteiger partial charge in [-0.1, -0.05) is 18.2 Å². The van der Waals surface area contributed by atoms with Gasteiger partial charge in [-0.3, -0.25) is 0 Å². The fourth-order valence-electron chi connectivity index (χ4n) is 0.575. The predicted octanol–water partition coefficient (Wildman–Crippen LogP) is -0.682. The Kier molecular flexibility index (Phi) is 6.46. The van der Waals surface area contributed by atoms with Crippen molar-refractivity contribution < 1.29 is 19.7 Å². The Bertz CT molecular complexity index is 206. The zero-order valence-corrected chi connectivity index (χ0v) is 5.68. The Morgan fingerprint density at radius 3 is 2.17 bits per heavy atom. The number of hydrogen-bond donors (Lipinski definition) is 2. The summed E-state index contributed by atoms with van der Waals surface area (Å²) < 4.78 is 0. The molecule has 4 nitrogen and oxygen atoms in total. The third-order valence-electron chi connectivity index (χ3n) is 0.974. The van der Waals surface area contributed by atoms with Crippen LogP contribution in [0.4, 0.5) is 0 Å². The Labute approximate surface area is 92.5 Å². The monoisotopic (exact) mass is 178 g/mol. The molecule has 0 aromatic heterocycles. The second-order valence-corrected chi connectivity index (χ2v) is 1.82. The van der Waals surface area contributed by atoms with Crippen LogP contribution in [0.5, 0.6) is 5.75 Å². The SMILES string of the molecule is OB(O)OOc1ccccc1.[NaH]. The topological polar surface area (TPSA) is 58.9 Å². The van der Waals surface area contributed by atoms with Crippen molar-refractivity contribution in [2.75, 3.05) is 0 Å². The molecule has 0 bridgehead atoms. The van der Waals surface area contributed by atoms with Crippen molar-refractivity contribution in [2.45, 2.75) is 0 Å². The van der Waals surface area contributed by atoms with Crippen molar-refractivity contribution >= 4 is 36.9 Å². The van der Waals surface area contributed by atoms with E-state index < -0.39 is 7.32 Å². The van der Waals surface area contributed by atoms with Crippen LogP contribution in [0.25, 0.3) is 0 Å². The molecule has 0 atom stereocenters. The first-order valence-electron chi connectivity index (χ1n) is 3.03. The first kappa shape index (κ1) is 12.0. The van der Waals surface area contributed by atoms with Crippen LogP contribution in [0.2, 0.25) is 0 Å². The van der Waals surface area contributed by atoms with Crippen LogP contribution < -0.4 is 4.89 Å². The Hall–Kier alpha value is -0.0351. The molecule has 0 aliphatic carbocycles. The summed E-state index contributed by atoms with van der Waals surface area (Å²) in [4.78, 5) is 8.51. The van der Waals surface area contributed by atoms with Crippen molar-refractivity contribution in [1.29, 1.82) is 0 Å². The van der Waals surface area contributed by atoms with Gasteiger partial charge in [0.05, 0.1) is 0 Å². The third-order valence-corrected chi connectivity index (χ3v) is 0.974. The zero-order chi connectivity index (χ0) is 8.10. The van der Waals surface area contributed by atoms with Crippen molar-refractivity contribution in [3.8, 4) is 5.75 Å². The average molecular weight is 178 g/mol. The quantitative estimate of drug-likeness (QED) is 0.365. The summed E-state index contributed by atoms with van der Waals surface area (Å²) in [6.07, 6.45) is 0. The zero-order valence-electron chi connectivity index (χ0n) is 5.68. The second-order valence-electron chi connectivity index (χ2n) is 1.82. The van der Waals surface area contributed by atoms with Gasteiger partial charge < -0.3 is 14.9 Å². The van der Waals surface area contributed by atoms with Crippen LogP contribution in [-0.4, -0.2) is 46.9 Å². The molecule has 0 heterocycles. The Morgan fingerprint density at radius 1 is 1.08 bits per heavy atom. The van der Waals surface area contributed by atoms with Crippen molar-refractivity contribution in [3.63, 3.8) is 0 Å². The molecule has 0 aliphatic heterocycles. The van der Waals surface area contributed by atoms with E-state index in [0.29, 0.717) is 5.75 Å². The maximum absolute atomic E-state index is 8.22. The summed E-state index contributed by atoms with van der Waals surface area (Å²) in [6, 6.07) is 8.54. The van der Waals surface area contributed by atoms with Gasteiger partial charge in [-0.15, -0.1) is 0 Å². The molecule has 1 rings (SSSR count). The number of rotatable bonds is 3. The molecular formula is C6H8BNaO4. The van der Waals surface area contributed by atoms with E-state index in [1.807, 2.05) is 6.07 Å². The standard InChI is InChI=1S/C6H7BO4.Na.H/c8-7(9)11-10-6-4-2-1-3-5-6;;/h1-5,8-9H;;. The molecular weight excluding hydrogens is 170 g/mol. The Balaban J connectivity index is 0.00000121. The van der Waals surface area contributed by atoms with Crippen molar-refractivity contribution in [1.82, 2.24) is 0 Å². The summed E-state index contributed by atoms with van der Waals surface area (Å²) in [5, 5.41) is 16.4. The predicted molar refractivity (Wildman–Crippen MR) is 45.5 cm³/mol. The fourth-order valence-corrected chi connectivity index (χ4v) is 0.575. The molecule has 0 fully saturated rings. The van der Waals surface area contributed by atoms with Gasteiger partial charge in [-0.2, -0.15) is 4.81 Å². The Morgan fingerprint density at radius 2 is 1.67 bits per heavy atom. The van der Waals surface area contributed by atoms with E-state index in [-0.39, 0.29) is 29.6 Å². The van der Waals surface area contributed by atoms with Crippen LogP contribution >= 0.6 is 0 Å². The van der Waals surface area contributed by atoms with E-state index in [1.165, 1.54) is 0 Å². The van der Waals surface area contributed by atoms with Crippen LogP contribution in [0.15, 0.2) is 30.3 Å². The van der Waals surface area contributed by atoms with Crippen LogP contribution in [0.1, 0.15) is 0 Å². The van der Waals surface area contributed by atoms with Crippen LogP contribution in [0, 0.1) is 0 Å². The molecule has 1 aromatic rings. The molecule has 6 heteroatoms. The summed E-state index contributed by atoms with van der Waals surface area (Å²) in [5.41, 5.74) is 0. The molecule has 0 spiro atoms. The number of hydrogen-bond acceptors (Lipinski definition) is 4. The number of para-hydroxylation sites is 1. The van der Waals surface area contributed by atoms with E-state index >= 15 is 0 Å². The van der Waals surface area contributed by atoms with Gasteiger partial charge in [-0.25, -0.2) is 0 Å². The maximum atomic E-state index is 8.22. The van der Waals surface area contributed by atoms with Gasteiger partial charge in [0.15, 0.2) is 5.75 Å². The third kappa shape index (κ3) is 4.76. The minimum atomic E-state index is -1.91. The van der Waals surface area contributed by atoms with E-state index in [9.17, 15) is 0 Å². The van der Waals surface area contributed by atoms with Gasteiger partial charge in [0, 0.05) is 0 Å². The first-order chi connectivity index (χ1) is 5.29. The number of benzene rings is 1. The van der Waals surface area contributed by atoms with E-state index in [0.717, 1.165) is 0 Å². The molecule has 0 amide bonds. The summed E-state index contributed by atoms with van der Waals surface area (Å²) in [6.45, 7) is 0. The molecule has 0 radical (unpaired) electrons. The molecule has 12 heavy (non-hydrogen) atoms. The fraction of sp³-hybridized carbons (Fsp3) is 0. The van der Waals surface area contributed by atoms with Gasteiger partial charge in [0.25, 0.3) is 0 Å². The van der Waals surface area contributed by atoms with E-state index in [4.69, 9.17) is 10.0 Å². The molecule has 2 N–H and O–H groups in total. The summed E-state index contributed by atoms with van der Waals surface area (Å²) >= 11 is 0. The minimum absolute atomic E-state index is 0. The first-order valence-corrected chi connectivity index (χ1v) is 3.03. The normalized spacial score (nSPS) is 8.50. The molecule has 1 aromatic carbocycles.